The minimum absolute atomic E-state index is 0.000938. The van der Waals surface area contributed by atoms with Crippen molar-refractivity contribution in [2.24, 2.45) is 5.73 Å². The molecule has 0 bridgehead atoms. The van der Waals surface area contributed by atoms with Crippen molar-refractivity contribution in [2.45, 2.75) is 43.4 Å². The number of aromatic amines is 2. The van der Waals surface area contributed by atoms with Crippen molar-refractivity contribution < 1.29 is 34.5 Å². The summed E-state index contributed by atoms with van der Waals surface area (Å²) in [5.74, 6) is -3.57. The third kappa shape index (κ3) is 8.18. The predicted molar refractivity (Wildman–Crippen MR) is 155 cm³/mol. The zero-order chi connectivity index (χ0) is 30.9. The second-order valence-electron chi connectivity index (χ2n) is 10.0. The highest BCUT2D eigenvalue weighted by atomic mass is 16.4. The lowest BCUT2D eigenvalue weighted by atomic mass is 10.0. The van der Waals surface area contributed by atoms with Crippen molar-refractivity contribution in [3.05, 3.63) is 84.1 Å². The summed E-state index contributed by atoms with van der Waals surface area (Å²) >= 11 is 0. The molecule has 4 rings (SSSR count). The molecular weight excluding hydrogens is 558 g/mol. The number of benzene rings is 2. The number of hydrogen-bond donors (Lipinski definition) is 9. The van der Waals surface area contributed by atoms with E-state index >= 15 is 0 Å². The van der Waals surface area contributed by atoms with Crippen LogP contribution in [0.5, 0.6) is 5.75 Å². The smallest absolute Gasteiger partial charge is 0.326 e. The molecule has 0 aliphatic rings. The average Bonchev–Trinajstić information content (AvgIpc) is 3.66. The molecule has 10 N–H and O–H groups in total. The fourth-order valence-corrected chi connectivity index (χ4v) is 4.53. The van der Waals surface area contributed by atoms with Gasteiger partial charge in [0, 0.05) is 48.3 Å². The molecule has 0 fully saturated rings. The van der Waals surface area contributed by atoms with Crippen molar-refractivity contribution in [1.29, 1.82) is 0 Å². The molecule has 0 aliphatic carbocycles. The third-order valence-corrected chi connectivity index (χ3v) is 6.87. The van der Waals surface area contributed by atoms with Gasteiger partial charge in [0.15, 0.2) is 0 Å². The summed E-state index contributed by atoms with van der Waals surface area (Å²) in [6, 6.07) is 8.24. The molecule has 14 heteroatoms. The number of aliphatic hydroxyl groups is 1. The normalized spacial score (nSPS) is 13.9. The average molecular weight is 592 g/mol. The molecule has 4 atom stereocenters. The van der Waals surface area contributed by atoms with E-state index in [4.69, 9.17) is 5.73 Å². The summed E-state index contributed by atoms with van der Waals surface area (Å²) in [5, 5.41) is 37.3. The van der Waals surface area contributed by atoms with Gasteiger partial charge in [0.2, 0.25) is 17.7 Å². The van der Waals surface area contributed by atoms with E-state index in [9.17, 15) is 34.5 Å². The van der Waals surface area contributed by atoms with Crippen molar-refractivity contribution in [3.8, 4) is 5.75 Å². The molecule has 14 nitrogen and oxygen atoms in total. The lowest BCUT2D eigenvalue weighted by Gasteiger charge is -2.25. The van der Waals surface area contributed by atoms with Gasteiger partial charge < -0.3 is 47.0 Å². The number of hydrogen-bond acceptors (Lipinski definition) is 8. The van der Waals surface area contributed by atoms with Gasteiger partial charge in [0.25, 0.3) is 0 Å². The summed E-state index contributed by atoms with van der Waals surface area (Å²) in [6.07, 6.45) is 4.40. The number of amides is 3. The molecule has 0 saturated carbocycles. The molecular formula is C29H33N7O7. The van der Waals surface area contributed by atoms with E-state index in [-0.39, 0.29) is 25.0 Å². The topological polar surface area (TPSA) is 236 Å². The molecule has 226 valence electrons. The van der Waals surface area contributed by atoms with E-state index in [0.717, 1.165) is 10.9 Å². The number of phenolic OH excluding ortho intramolecular Hbond substituents is 1. The molecule has 3 amide bonds. The van der Waals surface area contributed by atoms with Crippen molar-refractivity contribution in [3.63, 3.8) is 0 Å². The van der Waals surface area contributed by atoms with Gasteiger partial charge in [0.1, 0.15) is 29.9 Å². The molecule has 2 aromatic heterocycles. The summed E-state index contributed by atoms with van der Waals surface area (Å²) in [4.78, 5) is 61.5. The molecule has 0 spiro atoms. The monoisotopic (exact) mass is 591 g/mol. The first-order valence-corrected chi connectivity index (χ1v) is 13.4. The molecule has 0 radical (unpaired) electrons. The van der Waals surface area contributed by atoms with Crippen LogP contribution in [0.1, 0.15) is 16.8 Å². The number of aromatic hydroxyl groups is 1. The Hall–Kier alpha value is -5.21. The minimum Gasteiger partial charge on any atom is -0.508 e. The van der Waals surface area contributed by atoms with Gasteiger partial charge in [-0.3, -0.25) is 14.4 Å². The van der Waals surface area contributed by atoms with Gasteiger partial charge in [-0.15, -0.1) is 0 Å². The van der Waals surface area contributed by atoms with Crippen LogP contribution >= 0.6 is 0 Å². The minimum atomic E-state index is -1.34. The Morgan fingerprint density at radius 1 is 0.837 bits per heavy atom. The zero-order valence-electron chi connectivity index (χ0n) is 23.0. The molecule has 0 saturated heterocycles. The number of phenols is 1. The lowest BCUT2D eigenvalue weighted by molar-refractivity contribution is -0.142. The lowest BCUT2D eigenvalue weighted by Crippen LogP contribution is -2.58. The Balaban J connectivity index is 1.59. The van der Waals surface area contributed by atoms with E-state index < -0.39 is 54.5 Å². The number of carbonyl (C=O) groups excluding carboxylic acids is 3. The summed E-state index contributed by atoms with van der Waals surface area (Å²) in [7, 11) is 0. The fraction of sp³-hybridized carbons (Fsp3) is 0.276. The fourth-order valence-electron chi connectivity index (χ4n) is 4.53. The molecule has 2 aromatic carbocycles. The first-order valence-electron chi connectivity index (χ1n) is 13.4. The first kappa shape index (κ1) is 30.7. The Morgan fingerprint density at radius 2 is 1.49 bits per heavy atom. The van der Waals surface area contributed by atoms with Gasteiger partial charge in [0.05, 0.1) is 12.9 Å². The van der Waals surface area contributed by atoms with E-state index in [2.05, 4.69) is 30.9 Å². The van der Waals surface area contributed by atoms with Gasteiger partial charge in [-0.25, -0.2) is 9.78 Å². The number of nitrogens with one attached hydrogen (secondary N) is 5. The Bertz CT molecular complexity index is 1550. The van der Waals surface area contributed by atoms with E-state index in [0.29, 0.717) is 16.8 Å². The van der Waals surface area contributed by atoms with Crippen LogP contribution in [0.3, 0.4) is 0 Å². The highest BCUT2D eigenvalue weighted by Gasteiger charge is 2.31. The van der Waals surface area contributed by atoms with E-state index in [1.165, 1.54) is 24.7 Å². The Labute approximate surface area is 245 Å². The molecule has 2 heterocycles. The number of fused-ring (bicyclic) bond motifs is 1. The number of rotatable bonds is 14. The van der Waals surface area contributed by atoms with Crippen LogP contribution < -0.4 is 21.7 Å². The number of nitrogens with two attached hydrogens (primary N) is 1. The molecule has 0 aliphatic heterocycles. The summed E-state index contributed by atoms with van der Waals surface area (Å²) in [6.45, 7) is -0.647. The van der Waals surface area contributed by atoms with Crippen LogP contribution in [0.15, 0.2) is 67.3 Å². The number of nitrogens with zero attached hydrogens (tertiary/aromatic N) is 1. The van der Waals surface area contributed by atoms with Crippen molar-refractivity contribution in [2.75, 3.05) is 6.61 Å². The highest BCUT2D eigenvalue weighted by molar-refractivity contribution is 5.95. The SMILES string of the molecule is NC(CO)C(=O)NC(Cc1c[nH]c2ccccc12)C(=O)NC(Cc1ccc(O)cc1)C(=O)NC(Cc1cnc[nH]1)C(=O)O. The van der Waals surface area contributed by atoms with Crippen molar-refractivity contribution in [1.82, 2.24) is 30.9 Å². The number of carboxylic acid groups (broad SMARTS) is 1. The number of H-pyrrole nitrogens is 2. The van der Waals surface area contributed by atoms with Gasteiger partial charge >= 0.3 is 5.97 Å². The van der Waals surface area contributed by atoms with Crippen LogP contribution in [-0.4, -0.2) is 84.7 Å². The number of imidazole rings is 1. The number of carbonyl (C=O) groups is 4. The molecule has 4 aromatic rings. The van der Waals surface area contributed by atoms with Crippen LogP contribution in [-0.2, 0) is 38.4 Å². The number of para-hydroxylation sites is 1. The Kier molecular flexibility index (Phi) is 10.1. The maximum absolute atomic E-state index is 13.7. The van der Waals surface area contributed by atoms with Gasteiger partial charge in [-0.05, 0) is 29.3 Å². The van der Waals surface area contributed by atoms with Crippen LogP contribution in [0.4, 0.5) is 0 Å². The van der Waals surface area contributed by atoms with E-state index in [1.807, 2.05) is 24.3 Å². The summed E-state index contributed by atoms with van der Waals surface area (Å²) in [5.41, 5.74) is 8.26. The second-order valence-corrected chi connectivity index (χ2v) is 10.0. The van der Waals surface area contributed by atoms with Gasteiger partial charge in [-0.1, -0.05) is 30.3 Å². The number of aliphatic carboxylic acids is 1. The molecule has 4 unspecified atom stereocenters. The third-order valence-electron chi connectivity index (χ3n) is 6.87. The van der Waals surface area contributed by atoms with Crippen LogP contribution in [0.2, 0.25) is 0 Å². The van der Waals surface area contributed by atoms with Crippen LogP contribution in [0, 0.1) is 0 Å². The largest absolute Gasteiger partial charge is 0.508 e. The van der Waals surface area contributed by atoms with Crippen LogP contribution in [0.25, 0.3) is 10.9 Å². The summed E-state index contributed by atoms with van der Waals surface area (Å²) < 4.78 is 0. The quantitative estimate of drug-likeness (QED) is 0.0916. The molecule has 43 heavy (non-hydrogen) atoms. The maximum Gasteiger partial charge on any atom is 0.326 e. The number of aromatic nitrogens is 3. The first-order chi connectivity index (χ1) is 20.6. The van der Waals surface area contributed by atoms with Crippen molar-refractivity contribution >= 4 is 34.6 Å². The zero-order valence-corrected chi connectivity index (χ0v) is 23.0. The number of carboxylic acids is 1. The standard InChI is InChI=1S/C29H33N7O7/c30-21(14-37)26(39)34-24(10-17-12-32-22-4-2-1-3-20(17)22)28(41)35-23(9-16-5-7-19(38)8-6-16)27(40)36-25(29(42)43)11-18-13-31-15-33-18/h1-8,12-13,15,21,23-25,32,37-38H,9-11,14,30H2,(H,31,33)(H,34,39)(H,35,41)(H,36,40)(H,42,43). The van der Waals surface area contributed by atoms with Gasteiger partial charge in [-0.2, -0.15) is 0 Å². The van der Waals surface area contributed by atoms with E-state index in [1.54, 1.807) is 18.3 Å². The Morgan fingerprint density at radius 3 is 2.14 bits per heavy atom. The number of aliphatic hydroxyl groups excluding tert-OH is 1. The predicted octanol–water partition coefficient (Wildman–Crippen LogP) is -0.517. The maximum atomic E-state index is 13.7. The highest BCUT2D eigenvalue weighted by Crippen LogP contribution is 2.19. The second kappa shape index (κ2) is 14.1.